The Morgan fingerprint density at radius 3 is 2.47 bits per heavy atom. The number of fused-ring (bicyclic) bond motifs is 1. The Morgan fingerprint density at radius 1 is 0.933 bits per heavy atom. The molecule has 0 radical (unpaired) electrons. The minimum Gasteiger partial charge on any atom is -0.496 e. The van der Waals surface area contributed by atoms with E-state index in [1.807, 2.05) is 72.8 Å². The fourth-order valence-electron chi connectivity index (χ4n) is 3.06. The second-order valence-corrected chi connectivity index (χ2v) is 6.65. The van der Waals surface area contributed by atoms with Crippen LogP contribution in [0.3, 0.4) is 0 Å². The minimum absolute atomic E-state index is 0.0652. The van der Waals surface area contributed by atoms with Crippen molar-refractivity contribution in [3.8, 4) is 22.8 Å². The molecular formula is C24H21N3O3. The summed E-state index contributed by atoms with van der Waals surface area (Å²) in [5.74, 6) is 1.15. The minimum atomic E-state index is -0.203. The average Bonchev–Trinajstić information content (AvgIpc) is 2.81. The first-order valence-corrected chi connectivity index (χ1v) is 9.56. The Kier molecular flexibility index (Phi) is 5.85. The van der Waals surface area contributed by atoms with Crippen LogP contribution in [0.5, 0.6) is 11.5 Å². The van der Waals surface area contributed by atoms with Crippen molar-refractivity contribution in [2.45, 2.75) is 6.54 Å². The number of nitrogens with one attached hydrogen (secondary N) is 1. The number of benzene rings is 3. The van der Waals surface area contributed by atoms with E-state index in [0.29, 0.717) is 12.3 Å². The molecule has 0 saturated heterocycles. The third-order valence-electron chi connectivity index (χ3n) is 4.64. The van der Waals surface area contributed by atoms with Gasteiger partial charge < -0.3 is 14.8 Å². The maximum atomic E-state index is 12.1. The van der Waals surface area contributed by atoms with Crippen LogP contribution in [-0.2, 0) is 11.3 Å². The fraction of sp³-hybridized carbons (Fsp3) is 0.125. The van der Waals surface area contributed by atoms with E-state index in [2.05, 4.69) is 15.3 Å². The van der Waals surface area contributed by atoms with Gasteiger partial charge in [-0.05, 0) is 42.5 Å². The van der Waals surface area contributed by atoms with Crippen LogP contribution in [0.1, 0.15) is 5.56 Å². The molecule has 0 aliphatic carbocycles. The van der Waals surface area contributed by atoms with Crippen LogP contribution < -0.4 is 14.8 Å². The number of nitrogens with zero attached hydrogens (tertiary/aromatic N) is 2. The van der Waals surface area contributed by atoms with E-state index < -0.39 is 0 Å². The molecule has 150 valence electrons. The van der Waals surface area contributed by atoms with Crippen LogP contribution in [0.4, 0.5) is 0 Å². The van der Waals surface area contributed by atoms with Crippen LogP contribution in [0, 0.1) is 0 Å². The lowest BCUT2D eigenvalue weighted by Crippen LogP contribution is -2.28. The van der Waals surface area contributed by atoms with Gasteiger partial charge in [-0.2, -0.15) is 0 Å². The number of aromatic nitrogens is 2. The zero-order chi connectivity index (χ0) is 20.8. The Labute approximate surface area is 174 Å². The van der Waals surface area contributed by atoms with Crippen molar-refractivity contribution in [1.29, 1.82) is 0 Å². The maximum absolute atomic E-state index is 12.1. The number of hydrogen-bond donors (Lipinski definition) is 1. The fourth-order valence-corrected chi connectivity index (χ4v) is 3.06. The molecule has 30 heavy (non-hydrogen) atoms. The highest BCUT2D eigenvalue weighted by molar-refractivity contribution is 5.78. The van der Waals surface area contributed by atoms with E-state index in [1.54, 1.807) is 13.3 Å². The molecule has 0 bridgehead atoms. The smallest absolute Gasteiger partial charge is 0.258 e. The first-order chi connectivity index (χ1) is 14.7. The summed E-state index contributed by atoms with van der Waals surface area (Å²) in [4.78, 5) is 21.2. The second kappa shape index (κ2) is 9.05. The molecular weight excluding hydrogens is 378 g/mol. The number of hydrogen-bond acceptors (Lipinski definition) is 5. The third-order valence-corrected chi connectivity index (χ3v) is 4.64. The van der Waals surface area contributed by atoms with Crippen molar-refractivity contribution in [3.05, 3.63) is 84.6 Å². The number of amides is 1. The molecule has 0 aliphatic rings. The summed E-state index contributed by atoms with van der Waals surface area (Å²) in [6, 6.07) is 22.8. The van der Waals surface area contributed by atoms with E-state index in [-0.39, 0.29) is 12.5 Å². The highest BCUT2D eigenvalue weighted by Crippen LogP contribution is 2.22. The lowest BCUT2D eigenvalue weighted by atomic mass is 10.1. The number of para-hydroxylation sites is 3. The Morgan fingerprint density at radius 2 is 1.67 bits per heavy atom. The average molecular weight is 399 g/mol. The van der Waals surface area contributed by atoms with Gasteiger partial charge in [0.1, 0.15) is 11.5 Å². The number of rotatable bonds is 7. The Balaban J connectivity index is 1.33. The molecule has 0 spiro atoms. The summed E-state index contributed by atoms with van der Waals surface area (Å²) in [5.41, 5.74) is 4.34. The molecule has 6 nitrogen and oxygen atoms in total. The second-order valence-electron chi connectivity index (χ2n) is 6.65. The van der Waals surface area contributed by atoms with Gasteiger partial charge in [0, 0.05) is 17.7 Å². The first-order valence-electron chi connectivity index (χ1n) is 9.56. The van der Waals surface area contributed by atoms with Gasteiger partial charge in [-0.15, -0.1) is 0 Å². The Bertz CT molecular complexity index is 1160. The molecule has 1 heterocycles. The largest absolute Gasteiger partial charge is 0.496 e. The van der Waals surface area contributed by atoms with Crippen LogP contribution in [0.25, 0.3) is 22.3 Å². The van der Waals surface area contributed by atoms with Crippen LogP contribution in [-0.4, -0.2) is 29.6 Å². The lowest BCUT2D eigenvalue weighted by molar-refractivity contribution is -0.123. The predicted molar refractivity (Wildman–Crippen MR) is 115 cm³/mol. The molecule has 0 atom stereocenters. The summed E-state index contributed by atoms with van der Waals surface area (Å²) < 4.78 is 10.9. The maximum Gasteiger partial charge on any atom is 0.258 e. The number of carbonyl (C=O) groups excluding carboxylic acids is 1. The van der Waals surface area contributed by atoms with Crippen molar-refractivity contribution in [2.24, 2.45) is 0 Å². The highest BCUT2D eigenvalue weighted by atomic mass is 16.5. The van der Waals surface area contributed by atoms with Crippen LogP contribution in [0.15, 0.2) is 79.0 Å². The van der Waals surface area contributed by atoms with Crippen molar-refractivity contribution < 1.29 is 14.3 Å². The summed E-state index contributed by atoms with van der Waals surface area (Å²) in [5, 5.41) is 2.84. The van der Waals surface area contributed by atoms with Gasteiger partial charge in [0.05, 0.1) is 30.0 Å². The molecule has 6 heteroatoms. The first kappa shape index (κ1) is 19.4. The zero-order valence-electron chi connectivity index (χ0n) is 16.5. The number of carbonyl (C=O) groups is 1. The molecule has 3 aromatic carbocycles. The van der Waals surface area contributed by atoms with Gasteiger partial charge in [0.15, 0.2) is 6.61 Å². The van der Waals surface area contributed by atoms with Gasteiger partial charge in [0.2, 0.25) is 0 Å². The molecule has 1 aromatic heterocycles. The molecule has 0 unspecified atom stereocenters. The summed E-state index contributed by atoms with van der Waals surface area (Å²) >= 11 is 0. The number of ether oxygens (including phenoxy) is 2. The van der Waals surface area contributed by atoms with Gasteiger partial charge in [-0.1, -0.05) is 30.3 Å². The van der Waals surface area contributed by atoms with E-state index in [0.717, 1.165) is 33.6 Å². The van der Waals surface area contributed by atoms with Crippen LogP contribution >= 0.6 is 0 Å². The van der Waals surface area contributed by atoms with Crippen molar-refractivity contribution in [3.63, 3.8) is 0 Å². The topological polar surface area (TPSA) is 73.3 Å². The number of methoxy groups -OCH3 is 1. The van der Waals surface area contributed by atoms with Gasteiger partial charge in [0.25, 0.3) is 5.91 Å². The van der Waals surface area contributed by atoms with Gasteiger partial charge in [-0.25, -0.2) is 4.98 Å². The molecule has 0 saturated carbocycles. The van der Waals surface area contributed by atoms with E-state index in [4.69, 9.17) is 9.47 Å². The molecule has 0 fully saturated rings. The van der Waals surface area contributed by atoms with Crippen molar-refractivity contribution >= 4 is 16.9 Å². The van der Waals surface area contributed by atoms with E-state index >= 15 is 0 Å². The standard InChI is InChI=1S/C24H21N3O3/c1-29-23-9-5-2-6-18(23)14-26-24(28)16-30-19-12-10-17(11-13-19)22-15-25-20-7-3-4-8-21(20)27-22/h2-13,15H,14,16H2,1H3,(H,26,28). The summed E-state index contributed by atoms with van der Waals surface area (Å²) in [7, 11) is 1.61. The molecule has 4 rings (SSSR count). The van der Waals surface area contributed by atoms with E-state index in [9.17, 15) is 4.79 Å². The monoisotopic (exact) mass is 399 g/mol. The quantitative estimate of drug-likeness (QED) is 0.508. The van der Waals surface area contributed by atoms with Crippen molar-refractivity contribution in [1.82, 2.24) is 15.3 Å². The van der Waals surface area contributed by atoms with Gasteiger partial charge in [-0.3, -0.25) is 9.78 Å². The normalized spacial score (nSPS) is 10.6. The SMILES string of the molecule is COc1ccccc1CNC(=O)COc1ccc(-c2cnc3ccccc3n2)cc1. The molecule has 4 aromatic rings. The van der Waals surface area contributed by atoms with Crippen LogP contribution in [0.2, 0.25) is 0 Å². The molecule has 0 aliphatic heterocycles. The molecule has 1 amide bonds. The van der Waals surface area contributed by atoms with E-state index in [1.165, 1.54) is 0 Å². The summed E-state index contributed by atoms with van der Waals surface area (Å²) in [6.45, 7) is 0.316. The zero-order valence-corrected chi connectivity index (χ0v) is 16.5. The van der Waals surface area contributed by atoms with Crippen molar-refractivity contribution in [2.75, 3.05) is 13.7 Å². The molecule has 1 N–H and O–H groups in total. The highest BCUT2D eigenvalue weighted by Gasteiger charge is 2.07. The third kappa shape index (κ3) is 4.55. The lowest BCUT2D eigenvalue weighted by Gasteiger charge is -2.10. The van der Waals surface area contributed by atoms with Gasteiger partial charge >= 0.3 is 0 Å². The summed E-state index contributed by atoms with van der Waals surface area (Å²) in [6.07, 6.45) is 1.75. The predicted octanol–water partition coefficient (Wildman–Crippen LogP) is 4.00. The Hall–Kier alpha value is -3.93.